The second-order valence-corrected chi connectivity index (χ2v) is 7.20. The highest BCUT2D eigenvalue weighted by Gasteiger charge is 2.31. The standard InChI is InChI=1S/C21H26FN3O/c1-16-7-3-6-10-20(16)23-21(26)17(2)25-13-11-24(12-14-25)15-18-8-4-5-9-19(18)22/h3-10,17H,11-15H2,1-2H3,(H,23,26)/p+2/t17-/m1/s1. The van der Waals surface area contributed by atoms with Gasteiger partial charge in [-0.15, -0.1) is 0 Å². The Kier molecular flexibility index (Phi) is 6.01. The van der Waals surface area contributed by atoms with Gasteiger partial charge in [0, 0.05) is 11.3 Å². The van der Waals surface area contributed by atoms with Crippen LogP contribution in [-0.2, 0) is 11.3 Å². The van der Waals surface area contributed by atoms with Crippen molar-refractivity contribution in [2.45, 2.75) is 26.4 Å². The molecular weight excluding hydrogens is 329 g/mol. The molecule has 26 heavy (non-hydrogen) atoms. The number of quaternary nitrogens is 2. The third-order valence-electron chi connectivity index (χ3n) is 5.41. The summed E-state index contributed by atoms with van der Waals surface area (Å²) in [6.45, 7) is 8.45. The van der Waals surface area contributed by atoms with Gasteiger partial charge in [-0.2, -0.15) is 0 Å². The fraction of sp³-hybridized carbons (Fsp3) is 0.381. The predicted molar refractivity (Wildman–Crippen MR) is 101 cm³/mol. The summed E-state index contributed by atoms with van der Waals surface area (Å²) in [7, 11) is 0. The molecule has 1 atom stereocenters. The molecule has 0 aliphatic carbocycles. The van der Waals surface area contributed by atoms with Crippen LogP contribution >= 0.6 is 0 Å². The van der Waals surface area contributed by atoms with Gasteiger partial charge in [-0.3, -0.25) is 4.79 Å². The summed E-state index contributed by atoms with van der Waals surface area (Å²) < 4.78 is 13.8. The molecule has 3 N–H and O–H groups in total. The number of rotatable bonds is 5. The number of carbonyl (C=O) groups excluding carboxylic acids is 1. The molecular formula is C21H28FN3O+2. The van der Waals surface area contributed by atoms with Crippen molar-refractivity contribution in [3.05, 3.63) is 65.5 Å². The van der Waals surface area contributed by atoms with Crippen LogP contribution in [0.1, 0.15) is 18.1 Å². The first-order valence-corrected chi connectivity index (χ1v) is 9.32. The quantitative estimate of drug-likeness (QED) is 0.714. The maximum atomic E-state index is 13.8. The summed E-state index contributed by atoms with van der Waals surface area (Å²) in [4.78, 5) is 15.3. The molecule has 2 aromatic carbocycles. The van der Waals surface area contributed by atoms with Crippen LogP contribution in [0.4, 0.5) is 10.1 Å². The molecule has 0 unspecified atom stereocenters. The SMILES string of the molecule is Cc1ccccc1NC(=O)[C@@H](C)[NH+]1CC[NH+](Cc2ccccc2F)CC1. The van der Waals surface area contributed by atoms with Gasteiger partial charge in [0.25, 0.3) is 5.91 Å². The van der Waals surface area contributed by atoms with Crippen molar-refractivity contribution in [3.63, 3.8) is 0 Å². The van der Waals surface area contributed by atoms with Gasteiger partial charge in [-0.25, -0.2) is 4.39 Å². The van der Waals surface area contributed by atoms with E-state index in [0.29, 0.717) is 6.54 Å². The van der Waals surface area contributed by atoms with Crippen molar-refractivity contribution in [2.75, 3.05) is 31.5 Å². The van der Waals surface area contributed by atoms with Crippen LogP contribution in [-0.4, -0.2) is 38.1 Å². The second-order valence-electron chi connectivity index (χ2n) is 7.20. The lowest BCUT2D eigenvalue weighted by molar-refractivity contribution is -1.02. The van der Waals surface area contributed by atoms with Crippen molar-refractivity contribution in [2.24, 2.45) is 0 Å². The molecule has 0 bridgehead atoms. The molecule has 2 aromatic rings. The highest BCUT2D eigenvalue weighted by atomic mass is 19.1. The normalized spacial score (nSPS) is 21.2. The van der Waals surface area contributed by atoms with Crippen LogP contribution in [0.5, 0.6) is 0 Å². The highest BCUT2D eigenvalue weighted by molar-refractivity contribution is 5.94. The molecule has 0 saturated carbocycles. The van der Waals surface area contributed by atoms with Crippen LogP contribution < -0.4 is 15.1 Å². The number of hydrogen-bond acceptors (Lipinski definition) is 1. The van der Waals surface area contributed by atoms with E-state index in [4.69, 9.17) is 0 Å². The van der Waals surface area contributed by atoms with Gasteiger partial charge in [-0.1, -0.05) is 36.4 Å². The number of hydrogen-bond donors (Lipinski definition) is 3. The van der Waals surface area contributed by atoms with E-state index >= 15 is 0 Å². The maximum absolute atomic E-state index is 13.8. The molecule has 1 heterocycles. The van der Waals surface area contributed by atoms with Crippen LogP contribution in [0.15, 0.2) is 48.5 Å². The molecule has 1 aliphatic heterocycles. The Bertz CT molecular complexity index is 756. The first-order chi connectivity index (χ1) is 12.5. The van der Waals surface area contributed by atoms with E-state index in [1.165, 1.54) is 15.9 Å². The Morgan fingerprint density at radius 2 is 1.73 bits per heavy atom. The van der Waals surface area contributed by atoms with Crippen LogP contribution in [0.2, 0.25) is 0 Å². The Morgan fingerprint density at radius 3 is 2.42 bits per heavy atom. The van der Waals surface area contributed by atoms with Crippen molar-refractivity contribution in [1.29, 1.82) is 0 Å². The van der Waals surface area contributed by atoms with E-state index in [1.54, 1.807) is 6.07 Å². The Hall–Kier alpha value is -2.24. The molecule has 0 aromatic heterocycles. The fourth-order valence-electron chi connectivity index (χ4n) is 3.59. The number of carbonyl (C=O) groups is 1. The van der Waals surface area contributed by atoms with Gasteiger partial charge in [0.2, 0.25) is 0 Å². The predicted octanol–water partition coefficient (Wildman–Crippen LogP) is 0.445. The molecule has 1 fully saturated rings. The van der Waals surface area contributed by atoms with Crippen molar-refractivity contribution in [3.8, 4) is 0 Å². The Morgan fingerprint density at radius 1 is 1.08 bits per heavy atom. The molecule has 0 radical (unpaired) electrons. The molecule has 4 nitrogen and oxygen atoms in total. The Labute approximate surface area is 154 Å². The van der Waals surface area contributed by atoms with Crippen molar-refractivity contribution >= 4 is 11.6 Å². The lowest BCUT2D eigenvalue weighted by Gasteiger charge is -2.32. The molecule has 1 amide bonds. The van der Waals surface area contributed by atoms with Gasteiger partial charge >= 0.3 is 0 Å². The number of benzene rings is 2. The topological polar surface area (TPSA) is 38.0 Å². The molecule has 5 heteroatoms. The lowest BCUT2D eigenvalue weighted by atomic mass is 10.1. The largest absolute Gasteiger partial charge is 0.322 e. The summed E-state index contributed by atoms with van der Waals surface area (Å²) >= 11 is 0. The number of aryl methyl sites for hydroxylation is 1. The highest BCUT2D eigenvalue weighted by Crippen LogP contribution is 2.13. The Balaban J connectivity index is 1.52. The van der Waals surface area contributed by atoms with E-state index in [2.05, 4.69) is 5.32 Å². The average molecular weight is 357 g/mol. The summed E-state index contributed by atoms with van der Waals surface area (Å²) in [5, 5.41) is 3.05. The number of nitrogens with one attached hydrogen (secondary N) is 3. The minimum atomic E-state index is -0.124. The van der Waals surface area contributed by atoms with Gasteiger partial charge in [0.05, 0.1) is 0 Å². The lowest BCUT2D eigenvalue weighted by Crippen LogP contribution is -3.29. The minimum absolute atomic E-state index is 0.0619. The van der Waals surface area contributed by atoms with E-state index < -0.39 is 0 Å². The molecule has 1 aliphatic rings. The maximum Gasteiger partial charge on any atom is 0.282 e. The summed E-state index contributed by atoms with van der Waals surface area (Å²) in [6.07, 6.45) is 0. The number of para-hydroxylation sites is 1. The summed E-state index contributed by atoms with van der Waals surface area (Å²) in [6, 6.07) is 14.7. The van der Waals surface area contributed by atoms with E-state index in [0.717, 1.165) is 43.0 Å². The van der Waals surface area contributed by atoms with Crippen molar-refractivity contribution < 1.29 is 19.0 Å². The van der Waals surface area contributed by atoms with Crippen LogP contribution in [0.25, 0.3) is 0 Å². The minimum Gasteiger partial charge on any atom is -0.322 e. The second kappa shape index (κ2) is 8.43. The molecule has 0 spiro atoms. The van der Waals surface area contributed by atoms with Crippen molar-refractivity contribution in [1.82, 2.24) is 0 Å². The molecule has 1 saturated heterocycles. The summed E-state index contributed by atoms with van der Waals surface area (Å²) in [5.41, 5.74) is 2.73. The van der Waals surface area contributed by atoms with E-state index in [1.807, 2.05) is 50.2 Å². The number of halogens is 1. The van der Waals surface area contributed by atoms with Crippen LogP contribution in [0, 0.1) is 12.7 Å². The number of amides is 1. The number of anilines is 1. The fourth-order valence-corrected chi connectivity index (χ4v) is 3.59. The third kappa shape index (κ3) is 4.48. The number of piperazine rings is 1. The smallest absolute Gasteiger partial charge is 0.282 e. The first kappa shape index (κ1) is 18.5. The molecule has 138 valence electrons. The zero-order valence-corrected chi connectivity index (χ0v) is 15.5. The van der Waals surface area contributed by atoms with Gasteiger partial charge < -0.3 is 15.1 Å². The summed E-state index contributed by atoms with van der Waals surface area (Å²) in [5.74, 6) is -0.0624. The monoisotopic (exact) mass is 357 g/mol. The third-order valence-corrected chi connectivity index (χ3v) is 5.41. The zero-order valence-electron chi connectivity index (χ0n) is 15.5. The zero-order chi connectivity index (χ0) is 18.5. The first-order valence-electron chi connectivity index (χ1n) is 9.32. The average Bonchev–Trinajstić information content (AvgIpc) is 2.65. The van der Waals surface area contributed by atoms with Crippen LogP contribution in [0.3, 0.4) is 0 Å². The van der Waals surface area contributed by atoms with E-state index in [9.17, 15) is 9.18 Å². The van der Waals surface area contributed by atoms with Gasteiger partial charge in [-0.05, 0) is 31.5 Å². The molecule has 3 rings (SSSR count). The van der Waals surface area contributed by atoms with E-state index in [-0.39, 0.29) is 17.8 Å². The van der Waals surface area contributed by atoms with Gasteiger partial charge in [0.1, 0.15) is 38.5 Å². The van der Waals surface area contributed by atoms with Gasteiger partial charge in [0.15, 0.2) is 6.04 Å².